The average molecular weight is 578 g/mol. The molecule has 0 saturated carbocycles. The maximum Gasteiger partial charge on any atom is 0.175 e. The molecule has 0 saturated heterocycles. The first-order chi connectivity index (χ1) is 18.6. The van der Waals surface area contributed by atoms with Crippen molar-refractivity contribution in [3.8, 4) is 10.4 Å². The fourth-order valence-electron chi connectivity index (χ4n) is 4.76. The first-order valence-corrected chi connectivity index (χ1v) is 15.8. The smallest absolute Gasteiger partial charge is 0.175 e. The van der Waals surface area contributed by atoms with Gasteiger partial charge in [0.1, 0.15) is 6.04 Å². The lowest BCUT2D eigenvalue weighted by Gasteiger charge is -2.43. The predicted molar refractivity (Wildman–Crippen MR) is 163 cm³/mol. The van der Waals surface area contributed by atoms with E-state index in [0.717, 1.165) is 21.0 Å². The molecular formula is C31H32ClN3O2S2. The normalized spacial score (nSPS) is 15.9. The Balaban J connectivity index is 1.47. The fourth-order valence-corrected chi connectivity index (χ4v) is 6.72. The number of thiophene rings is 1. The lowest BCUT2D eigenvalue weighted by Crippen LogP contribution is -2.48. The number of anilines is 1. The number of hydrogen-bond donors (Lipinski definition) is 0. The van der Waals surface area contributed by atoms with Gasteiger partial charge in [-0.3, -0.25) is 14.9 Å². The van der Waals surface area contributed by atoms with Gasteiger partial charge < -0.3 is 0 Å². The molecule has 0 fully saturated rings. The Kier molecular flexibility index (Phi) is 7.62. The molecule has 0 radical (unpaired) electrons. The highest BCUT2D eigenvalue weighted by molar-refractivity contribution is 7.90. The minimum Gasteiger partial charge on any atom is -0.278 e. The fraction of sp³-hybridized carbons (Fsp3) is 0.226. The molecule has 202 valence electrons. The maximum absolute atomic E-state index is 12.1. The van der Waals surface area contributed by atoms with Gasteiger partial charge in [0.05, 0.1) is 22.3 Å². The van der Waals surface area contributed by atoms with E-state index < -0.39 is 9.84 Å². The molecule has 0 spiro atoms. The SMILES string of the molecule is CN(CN1C=CC(c2ccc(-c3cccc(S(C)(=O)=O)c3)s2)N1c1ccccc1Cl)C(C)(C)c1ccccc1. The molecule has 2 heterocycles. The van der Waals surface area contributed by atoms with Crippen LogP contribution in [0.15, 0.2) is 108 Å². The Hall–Kier alpha value is -3.10. The molecule has 3 aromatic carbocycles. The molecule has 0 aliphatic carbocycles. The average Bonchev–Trinajstić information content (AvgIpc) is 3.57. The molecular weight excluding hydrogens is 546 g/mol. The van der Waals surface area contributed by atoms with E-state index in [1.165, 1.54) is 11.8 Å². The molecule has 8 heteroatoms. The Morgan fingerprint density at radius 3 is 2.38 bits per heavy atom. The highest BCUT2D eigenvalue weighted by Gasteiger charge is 2.34. The highest BCUT2D eigenvalue weighted by Crippen LogP contribution is 2.42. The topological polar surface area (TPSA) is 43.9 Å². The summed E-state index contributed by atoms with van der Waals surface area (Å²) in [5, 5.41) is 5.13. The van der Waals surface area contributed by atoms with Crippen LogP contribution in [0.3, 0.4) is 0 Å². The van der Waals surface area contributed by atoms with Gasteiger partial charge in [-0.2, -0.15) is 0 Å². The van der Waals surface area contributed by atoms with Crippen molar-refractivity contribution in [1.29, 1.82) is 0 Å². The van der Waals surface area contributed by atoms with Crippen LogP contribution in [0.4, 0.5) is 5.69 Å². The van der Waals surface area contributed by atoms with Gasteiger partial charge in [0, 0.05) is 27.7 Å². The first kappa shape index (κ1) is 27.5. The number of hydrogen-bond acceptors (Lipinski definition) is 6. The highest BCUT2D eigenvalue weighted by atomic mass is 35.5. The zero-order valence-electron chi connectivity index (χ0n) is 22.5. The monoisotopic (exact) mass is 577 g/mol. The lowest BCUT2D eigenvalue weighted by atomic mass is 9.93. The summed E-state index contributed by atoms with van der Waals surface area (Å²) in [6, 6.07) is 29.7. The molecule has 39 heavy (non-hydrogen) atoms. The Bertz CT molecular complexity index is 1600. The Labute approximate surface area is 240 Å². The molecule has 1 aliphatic heterocycles. The van der Waals surface area contributed by atoms with Crippen molar-refractivity contribution in [3.05, 3.63) is 119 Å². The lowest BCUT2D eigenvalue weighted by molar-refractivity contribution is 0.0902. The van der Waals surface area contributed by atoms with E-state index in [2.05, 4.69) is 84.5 Å². The van der Waals surface area contributed by atoms with E-state index >= 15 is 0 Å². The van der Waals surface area contributed by atoms with E-state index in [0.29, 0.717) is 16.6 Å². The maximum atomic E-state index is 12.1. The second-order valence-corrected chi connectivity index (χ2v) is 13.8. The first-order valence-electron chi connectivity index (χ1n) is 12.7. The van der Waals surface area contributed by atoms with Crippen LogP contribution in [0, 0.1) is 0 Å². The third kappa shape index (κ3) is 5.63. The van der Waals surface area contributed by atoms with Crippen LogP contribution in [-0.4, -0.2) is 38.3 Å². The van der Waals surface area contributed by atoms with Crippen LogP contribution < -0.4 is 5.01 Å². The Morgan fingerprint density at radius 1 is 0.949 bits per heavy atom. The van der Waals surface area contributed by atoms with Gasteiger partial charge in [-0.25, -0.2) is 8.42 Å². The summed E-state index contributed by atoms with van der Waals surface area (Å²) >= 11 is 8.40. The summed E-state index contributed by atoms with van der Waals surface area (Å²) in [5.74, 6) is 0. The Morgan fingerprint density at radius 2 is 1.67 bits per heavy atom. The van der Waals surface area contributed by atoms with Crippen LogP contribution in [-0.2, 0) is 15.4 Å². The number of sulfone groups is 1. The quantitative estimate of drug-likeness (QED) is 0.216. The van der Waals surface area contributed by atoms with Crippen LogP contribution >= 0.6 is 22.9 Å². The summed E-state index contributed by atoms with van der Waals surface area (Å²) in [4.78, 5) is 4.81. The summed E-state index contributed by atoms with van der Waals surface area (Å²) in [5.41, 5.74) is 2.87. The van der Waals surface area contributed by atoms with Crippen molar-refractivity contribution >= 4 is 38.5 Å². The van der Waals surface area contributed by atoms with Crippen LogP contribution in [0.5, 0.6) is 0 Å². The molecule has 1 atom stereocenters. The zero-order valence-corrected chi connectivity index (χ0v) is 24.8. The minimum absolute atomic E-state index is 0.0602. The number of para-hydroxylation sites is 1. The van der Waals surface area contributed by atoms with Crippen molar-refractivity contribution < 1.29 is 8.42 Å². The number of benzene rings is 3. The summed E-state index contributed by atoms with van der Waals surface area (Å²) in [7, 11) is -1.15. The van der Waals surface area contributed by atoms with Crippen molar-refractivity contribution in [2.24, 2.45) is 0 Å². The van der Waals surface area contributed by atoms with Crippen molar-refractivity contribution in [1.82, 2.24) is 9.91 Å². The zero-order chi connectivity index (χ0) is 27.8. The van der Waals surface area contributed by atoms with Gasteiger partial charge in [-0.1, -0.05) is 66.2 Å². The van der Waals surface area contributed by atoms with E-state index in [9.17, 15) is 8.42 Å². The largest absolute Gasteiger partial charge is 0.278 e. The number of nitrogens with zero attached hydrogens (tertiary/aromatic N) is 3. The number of halogens is 1. The molecule has 4 aromatic rings. The summed E-state index contributed by atoms with van der Waals surface area (Å²) in [6.07, 6.45) is 5.55. The van der Waals surface area contributed by atoms with E-state index in [-0.39, 0.29) is 11.6 Å². The van der Waals surface area contributed by atoms with Crippen LogP contribution in [0.2, 0.25) is 5.02 Å². The minimum atomic E-state index is -3.28. The molecule has 0 amide bonds. The van der Waals surface area contributed by atoms with Gasteiger partial charge in [0.2, 0.25) is 0 Å². The molecule has 5 rings (SSSR count). The van der Waals surface area contributed by atoms with Gasteiger partial charge in [0.25, 0.3) is 0 Å². The van der Waals surface area contributed by atoms with Crippen LogP contribution in [0.25, 0.3) is 10.4 Å². The second-order valence-electron chi connectivity index (χ2n) is 10.3. The molecule has 0 N–H and O–H groups in total. The number of hydrazine groups is 1. The molecule has 5 nitrogen and oxygen atoms in total. The van der Waals surface area contributed by atoms with Gasteiger partial charge in [-0.05, 0) is 74.5 Å². The predicted octanol–water partition coefficient (Wildman–Crippen LogP) is 7.59. The van der Waals surface area contributed by atoms with Gasteiger partial charge in [-0.15, -0.1) is 11.3 Å². The van der Waals surface area contributed by atoms with Crippen molar-refractivity contribution in [2.75, 3.05) is 25.0 Å². The van der Waals surface area contributed by atoms with Crippen molar-refractivity contribution in [3.63, 3.8) is 0 Å². The third-order valence-corrected chi connectivity index (χ3v) is 9.97. The number of rotatable bonds is 8. The molecule has 0 bridgehead atoms. The van der Waals surface area contributed by atoms with E-state index in [4.69, 9.17) is 11.6 Å². The van der Waals surface area contributed by atoms with E-state index in [1.807, 2.05) is 36.4 Å². The summed E-state index contributed by atoms with van der Waals surface area (Å²) in [6.45, 7) is 5.11. The third-order valence-electron chi connectivity index (χ3n) is 7.34. The second kappa shape index (κ2) is 10.8. The standard InChI is InChI=1S/C31H32ClN3O2S2/c1-31(2,24-12-6-5-7-13-24)33(3)22-34-20-19-28(35(34)27-16-9-8-15-26(27)32)30-18-17-29(38-30)23-11-10-14-25(21-23)39(4,36)37/h5-21,28H,22H2,1-4H3. The van der Waals surface area contributed by atoms with Gasteiger partial charge in [0.15, 0.2) is 9.84 Å². The van der Waals surface area contributed by atoms with E-state index in [1.54, 1.807) is 29.5 Å². The molecule has 1 unspecified atom stereocenters. The van der Waals surface area contributed by atoms with Crippen molar-refractivity contribution in [2.45, 2.75) is 30.3 Å². The molecule has 1 aliphatic rings. The van der Waals surface area contributed by atoms with Crippen LogP contribution in [0.1, 0.15) is 30.3 Å². The summed E-state index contributed by atoms with van der Waals surface area (Å²) < 4.78 is 24.2. The van der Waals surface area contributed by atoms with Gasteiger partial charge >= 0.3 is 0 Å². The molecule has 1 aromatic heterocycles.